The maximum absolute atomic E-state index is 9.54. The molecule has 3 heteroatoms. The van der Waals surface area contributed by atoms with E-state index in [0.29, 0.717) is 5.57 Å². The topological polar surface area (TPSA) is 36.7 Å². The van der Waals surface area contributed by atoms with E-state index >= 15 is 0 Å². The molecule has 0 saturated carbocycles. The van der Waals surface area contributed by atoms with Gasteiger partial charge in [0.2, 0.25) is 0 Å². The summed E-state index contributed by atoms with van der Waals surface area (Å²) in [5, 5.41) is 12.3. The van der Waals surface area contributed by atoms with Crippen LogP contribution in [0.1, 0.15) is 27.3 Å². The van der Waals surface area contributed by atoms with E-state index < -0.39 is 0 Å². The Balaban J connectivity index is 1.98. The van der Waals surface area contributed by atoms with E-state index in [0.717, 1.165) is 27.4 Å². The molecular formula is C21H18N2S. The van der Waals surface area contributed by atoms with Crippen LogP contribution in [0.25, 0.3) is 22.9 Å². The average Bonchev–Trinajstić information content (AvgIpc) is 3.06. The minimum Gasteiger partial charge on any atom is -0.235 e. The highest BCUT2D eigenvalue weighted by Gasteiger charge is 2.10. The first-order valence-corrected chi connectivity index (χ1v) is 8.67. The van der Waals surface area contributed by atoms with Crippen molar-refractivity contribution in [2.24, 2.45) is 0 Å². The van der Waals surface area contributed by atoms with E-state index in [9.17, 15) is 5.26 Å². The van der Waals surface area contributed by atoms with Crippen LogP contribution in [0.15, 0.2) is 47.8 Å². The van der Waals surface area contributed by atoms with E-state index in [1.807, 2.05) is 42.6 Å². The number of hydrogen-bond acceptors (Lipinski definition) is 3. The van der Waals surface area contributed by atoms with Crippen molar-refractivity contribution in [3.05, 3.63) is 75.1 Å². The molecule has 0 N–H and O–H groups in total. The zero-order valence-electron chi connectivity index (χ0n) is 14.0. The van der Waals surface area contributed by atoms with Crippen molar-refractivity contribution in [1.82, 2.24) is 4.98 Å². The lowest BCUT2D eigenvalue weighted by Gasteiger charge is -2.02. The lowest BCUT2D eigenvalue weighted by Crippen LogP contribution is -1.86. The number of thiazole rings is 1. The highest BCUT2D eigenvalue weighted by molar-refractivity contribution is 7.11. The summed E-state index contributed by atoms with van der Waals surface area (Å²) < 4.78 is 0. The van der Waals surface area contributed by atoms with Crippen LogP contribution >= 0.6 is 11.3 Å². The first-order chi connectivity index (χ1) is 11.6. The molecule has 0 unspecified atom stereocenters. The number of aromatic nitrogens is 1. The minimum absolute atomic E-state index is 0.601. The van der Waals surface area contributed by atoms with Gasteiger partial charge >= 0.3 is 0 Å². The fourth-order valence-electron chi connectivity index (χ4n) is 2.48. The molecule has 24 heavy (non-hydrogen) atoms. The van der Waals surface area contributed by atoms with Crippen LogP contribution in [0.5, 0.6) is 0 Å². The largest absolute Gasteiger partial charge is 0.235 e. The fourth-order valence-corrected chi connectivity index (χ4v) is 3.27. The number of hydrogen-bond donors (Lipinski definition) is 0. The Morgan fingerprint density at radius 2 is 1.83 bits per heavy atom. The van der Waals surface area contributed by atoms with Crippen LogP contribution < -0.4 is 0 Å². The summed E-state index contributed by atoms with van der Waals surface area (Å²) in [6.07, 6.45) is 1.92. The van der Waals surface area contributed by atoms with Crippen LogP contribution in [-0.2, 0) is 0 Å². The molecule has 0 radical (unpaired) electrons. The molecule has 0 fully saturated rings. The quantitative estimate of drug-likeness (QED) is 0.569. The second-order valence-electron chi connectivity index (χ2n) is 5.86. The van der Waals surface area contributed by atoms with Crippen molar-refractivity contribution in [2.75, 3.05) is 0 Å². The monoisotopic (exact) mass is 330 g/mol. The van der Waals surface area contributed by atoms with Gasteiger partial charge in [-0.1, -0.05) is 36.4 Å². The highest BCUT2D eigenvalue weighted by atomic mass is 32.1. The third-order valence-corrected chi connectivity index (χ3v) is 5.02. The van der Waals surface area contributed by atoms with Crippen LogP contribution in [0.3, 0.4) is 0 Å². The fraction of sp³-hybridized carbons (Fsp3) is 0.143. The number of aryl methyl sites for hydroxylation is 3. The molecule has 0 aliphatic heterocycles. The Bertz CT molecular complexity index is 958. The molecule has 0 amide bonds. The number of allylic oxidation sites excluding steroid dienone is 1. The van der Waals surface area contributed by atoms with E-state index in [4.69, 9.17) is 0 Å². The zero-order valence-corrected chi connectivity index (χ0v) is 14.8. The van der Waals surface area contributed by atoms with Gasteiger partial charge in [-0.15, -0.1) is 11.3 Å². The summed E-state index contributed by atoms with van der Waals surface area (Å²) in [4.78, 5) is 4.68. The first kappa shape index (κ1) is 16.2. The van der Waals surface area contributed by atoms with E-state index in [1.165, 1.54) is 22.5 Å². The highest BCUT2D eigenvalue weighted by Crippen LogP contribution is 2.28. The molecule has 3 aromatic rings. The molecule has 0 bridgehead atoms. The first-order valence-electron chi connectivity index (χ1n) is 7.79. The van der Waals surface area contributed by atoms with Crippen LogP contribution in [0.4, 0.5) is 0 Å². The van der Waals surface area contributed by atoms with Crippen LogP contribution in [0, 0.1) is 32.1 Å². The SMILES string of the molecule is Cc1ccc(-c2csc(C(C#N)=Cc3ccccc3C)n2)cc1C. The van der Waals surface area contributed by atoms with Crippen LogP contribution in [0.2, 0.25) is 0 Å². The summed E-state index contributed by atoms with van der Waals surface area (Å²) >= 11 is 1.51. The van der Waals surface area contributed by atoms with Crippen molar-refractivity contribution in [1.29, 1.82) is 5.26 Å². The van der Waals surface area contributed by atoms with E-state index in [-0.39, 0.29) is 0 Å². The molecule has 0 saturated heterocycles. The van der Waals surface area contributed by atoms with Gasteiger partial charge in [-0.05, 0) is 55.2 Å². The van der Waals surface area contributed by atoms with Crippen molar-refractivity contribution in [2.45, 2.75) is 20.8 Å². The van der Waals surface area contributed by atoms with Crippen molar-refractivity contribution >= 4 is 23.0 Å². The standard InChI is InChI=1S/C21H18N2S/c1-14-8-9-18(10-16(14)3)20-13-24-21(23-20)19(12-22)11-17-7-5-4-6-15(17)2/h4-11,13H,1-3H3. The smallest absolute Gasteiger partial charge is 0.134 e. The molecule has 2 nitrogen and oxygen atoms in total. The number of nitriles is 1. The Morgan fingerprint density at radius 3 is 2.54 bits per heavy atom. The second-order valence-corrected chi connectivity index (χ2v) is 6.72. The molecular weight excluding hydrogens is 312 g/mol. The Labute approximate surface area is 146 Å². The summed E-state index contributed by atoms with van der Waals surface area (Å²) in [6, 6.07) is 16.7. The maximum Gasteiger partial charge on any atom is 0.134 e. The summed E-state index contributed by atoms with van der Waals surface area (Å²) in [5.74, 6) is 0. The molecule has 0 atom stereocenters. The lowest BCUT2D eigenvalue weighted by molar-refractivity contribution is 1.32. The Kier molecular flexibility index (Phi) is 4.59. The van der Waals surface area contributed by atoms with E-state index in [2.05, 4.69) is 43.1 Å². The van der Waals surface area contributed by atoms with Gasteiger partial charge in [0.05, 0.1) is 11.3 Å². The molecule has 0 spiro atoms. The van der Waals surface area contributed by atoms with Gasteiger partial charge in [-0.2, -0.15) is 5.26 Å². The van der Waals surface area contributed by atoms with Gasteiger partial charge in [0, 0.05) is 10.9 Å². The molecule has 2 aromatic carbocycles. The summed E-state index contributed by atoms with van der Waals surface area (Å²) in [7, 11) is 0. The molecule has 0 aliphatic carbocycles. The van der Waals surface area contributed by atoms with Crippen molar-refractivity contribution < 1.29 is 0 Å². The molecule has 3 rings (SSSR count). The van der Waals surface area contributed by atoms with E-state index in [1.54, 1.807) is 0 Å². The number of nitrogens with zero attached hydrogens (tertiary/aromatic N) is 2. The van der Waals surface area contributed by atoms with Crippen molar-refractivity contribution in [3.8, 4) is 17.3 Å². The van der Waals surface area contributed by atoms with Gasteiger partial charge < -0.3 is 0 Å². The Hall–Kier alpha value is -2.70. The number of benzene rings is 2. The third-order valence-electron chi connectivity index (χ3n) is 4.15. The van der Waals surface area contributed by atoms with Gasteiger partial charge in [0.25, 0.3) is 0 Å². The van der Waals surface area contributed by atoms with Gasteiger partial charge in [0.15, 0.2) is 0 Å². The molecule has 118 valence electrons. The summed E-state index contributed by atoms with van der Waals surface area (Å²) in [5.41, 5.74) is 7.33. The summed E-state index contributed by atoms with van der Waals surface area (Å²) in [6.45, 7) is 6.25. The second kappa shape index (κ2) is 6.82. The maximum atomic E-state index is 9.54. The molecule has 1 aromatic heterocycles. The average molecular weight is 330 g/mol. The third kappa shape index (κ3) is 3.29. The predicted molar refractivity (Wildman–Crippen MR) is 102 cm³/mol. The zero-order chi connectivity index (χ0) is 17.1. The van der Waals surface area contributed by atoms with Crippen molar-refractivity contribution in [3.63, 3.8) is 0 Å². The van der Waals surface area contributed by atoms with Gasteiger partial charge in [-0.3, -0.25) is 0 Å². The molecule has 1 heterocycles. The van der Waals surface area contributed by atoms with Gasteiger partial charge in [0.1, 0.15) is 11.1 Å². The lowest BCUT2D eigenvalue weighted by atomic mass is 10.0. The molecule has 0 aliphatic rings. The normalized spacial score (nSPS) is 11.3. The Morgan fingerprint density at radius 1 is 1.04 bits per heavy atom. The van der Waals surface area contributed by atoms with Gasteiger partial charge in [-0.25, -0.2) is 4.98 Å². The minimum atomic E-state index is 0.601. The van der Waals surface area contributed by atoms with Crippen LogP contribution in [-0.4, -0.2) is 4.98 Å². The predicted octanol–water partition coefficient (Wildman–Crippen LogP) is 5.80. The number of rotatable bonds is 3.